The smallest absolute Gasteiger partial charge is 0.395 e. The van der Waals surface area contributed by atoms with Gasteiger partial charge in [0.25, 0.3) is 5.91 Å². The first-order valence-electron chi connectivity index (χ1n) is 9.46. The van der Waals surface area contributed by atoms with Crippen molar-refractivity contribution >= 4 is 28.6 Å². The van der Waals surface area contributed by atoms with Crippen molar-refractivity contribution in [3.8, 4) is 6.08 Å². The molecular weight excluding hydrogens is 380 g/mol. The summed E-state index contributed by atoms with van der Waals surface area (Å²) in [7, 11) is 1.63. The number of oxazole rings is 1. The second-order valence-corrected chi connectivity index (χ2v) is 8.54. The highest BCUT2D eigenvalue weighted by Crippen LogP contribution is 2.39. The second kappa shape index (κ2) is 8.53. The number of carbonyl (C=O) groups is 1. The average Bonchev–Trinajstić information content (AvgIpc) is 3.00. The van der Waals surface area contributed by atoms with Crippen LogP contribution in [0.4, 0.5) is 0 Å². The van der Waals surface area contributed by atoms with Crippen molar-refractivity contribution in [2.75, 3.05) is 26.9 Å². The lowest BCUT2D eigenvalue weighted by molar-refractivity contribution is -0.132. The van der Waals surface area contributed by atoms with Crippen LogP contribution in [0.3, 0.4) is 0 Å². The van der Waals surface area contributed by atoms with Gasteiger partial charge in [0.1, 0.15) is 5.52 Å². The number of hydrogen-bond donors (Lipinski definition) is 0. The maximum atomic E-state index is 12.9. The number of halogens is 1. The van der Waals surface area contributed by atoms with Crippen LogP contribution in [0, 0.1) is 11.3 Å². The standard InChI is InChI=1S/C21H27ClN2O4/c1-14-9-16(12-21(2,3)11-14)24(7-8-26-4)19(25)13-27-20-23-17-6-5-15(22)10-18(17)28-20/h5-6,9-10,14H,7-8,11-13H2,1-4H3. The number of amides is 1. The Hall–Kier alpha value is -2.05. The monoisotopic (exact) mass is 406 g/mol. The molecule has 1 heterocycles. The summed E-state index contributed by atoms with van der Waals surface area (Å²) in [5, 5.41) is 0.554. The molecule has 1 aliphatic rings. The van der Waals surface area contributed by atoms with Gasteiger partial charge in [-0.15, -0.1) is 0 Å². The summed E-state index contributed by atoms with van der Waals surface area (Å²) >= 11 is 5.96. The fourth-order valence-corrected chi connectivity index (χ4v) is 3.98. The number of allylic oxidation sites excluding steroid dienone is 2. The molecule has 0 aliphatic heterocycles. The largest absolute Gasteiger partial charge is 0.440 e. The first-order valence-corrected chi connectivity index (χ1v) is 9.84. The van der Waals surface area contributed by atoms with Crippen molar-refractivity contribution in [1.29, 1.82) is 0 Å². The Morgan fingerprint density at radius 2 is 2.21 bits per heavy atom. The van der Waals surface area contributed by atoms with Crippen molar-refractivity contribution in [1.82, 2.24) is 9.88 Å². The Bertz CT molecular complexity index is 874. The summed E-state index contributed by atoms with van der Waals surface area (Å²) in [5.41, 5.74) is 2.33. The SMILES string of the molecule is COCCN(C(=O)COc1nc2ccc(Cl)cc2o1)C1=CC(C)CC(C)(C)C1. The van der Waals surface area contributed by atoms with Gasteiger partial charge < -0.3 is 18.8 Å². The van der Waals surface area contributed by atoms with Crippen LogP contribution < -0.4 is 4.74 Å². The molecule has 0 radical (unpaired) electrons. The molecule has 2 aromatic rings. The molecule has 0 saturated carbocycles. The fourth-order valence-electron chi connectivity index (χ4n) is 3.82. The summed E-state index contributed by atoms with van der Waals surface area (Å²) in [5.74, 6) is 0.271. The van der Waals surface area contributed by atoms with Crippen LogP contribution in [0.25, 0.3) is 11.1 Å². The molecule has 0 bridgehead atoms. The van der Waals surface area contributed by atoms with Gasteiger partial charge in [0.15, 0.2) is 12.2 Å². The quantitative estimate of drug-likeness (QED) is 0.668. The van der Waals surface area contributed by atoms with Crippen molar-refractivity contribution in [3.05, 3.63) is 35.0 Å². The minimum absolute atomic E-state index is 0.0589. The average molecular weight is 407 g/mol. The predicted octanol–water partition coefficient (Wildman–Crippen LogP) is 4.68. The molecular formula is C21H27ClN2O4. The molecule has 1 aromatic heterocycles. The van der Waals surface area contributed by atoms with Crippen LogP contribution in [-0.4, -0.2) is 42.7 Å². The van der Waals surface area contributed by atoms with E-state index in [1.165, 1.54) is 0 Å². The molecule has 152 valence electrons. The van der Waals surface area contributed by atoms with Gasteiger partial charge in [0.2, 0.25) is 0 Å². The summed E-state index contributed by atoms with van der Waals surface area (Å²) in [6.07, 6.45) is 4.18. The first-order chi connectivity index (χ1) is 13.3. The maximum Gasteiger partial charge on any atom is 0.395 e. The number of rotatable bonds is 7. The molecule has 1 aromatic carbocycles. The summed E-state index contributed by atoms with van der Waals surface area (Å²) < 4.78 is 16.3. The number of carbonyl (C=O) groups excluding carboxylic acids is 1. The van der Waals surface area contributed by atoms with E-state index >= 15 is 0 Å². The normalized spacial score (nSPS) is 18.8. The van der Waals surface area contributed by atoms with Crippen molar-refractivity contribution < 1.29 is 18.7 Å². The highest BCUT2D eigenvalue weighted by atomic mass is 35.5. The molecule has 7 heteroatoms. The van der Waals surface area contributed by atoms with E-state index < -0.39 is 0 Å². The zero-order chi connectivity index (χ0) is 20.3. The lowest BCUT2D eigenvalue weighted by atomic mass is 9.75. The van der Waals surface area contributed by atoms with Crippen LogP contribution in [-0.2, 0) is 9.53 Å². The zero-order valence-corrected chi connectivity index (χ0v) is 17.6. The van der Waals surface area contributed by atoms with E-state index in [1.54, 1.807) is 30.2 Å². The van der Waals surface area contributed by atoms with Crippen molar-refractivity contribution in [2.45, 2.75) is 33.6 Å². The molecule has 1 aliphatic carbocycles. The summed E-state index contributed by atoms with van der Waals surface area (Å²) in [6.45, 7) is 7.43. The number of fused-ring (bicyclic) bond motifs is 1. The summed E-state index contributed by atoms with van der Waals surface area (Å²) in [6, 6.07) is 5.14. The Kier molecular flexibility index (Phi) is 6.30. The number of nitrogens with zero attached hydrogens (tertiary/aromatic N) is 2. The third-order valence-corrected chi connectivity index (χ3v) is 5.06. The number of aromatic nitrogens is 1. The van der Waals surface area contributed by atoms with Crippen LogP contribution in [0.1, 0.15) is 33.6 Å². The topological polar surface area (TPSA) is 64.8 Å². The minimum atomic E-state index is -0.156. The molecule has 1 atom stereocenters. The summed E-state index contributed by atoms with van der Waals surface area (Å²) in [4.78, 5) is 18.9. The van der Waals surface area contributed by atoms with Gasteiger partial charge in [0.05, 0.1) is 6.61 Å². The van der Waals surface area contributed by atoms with Crippen LogP contribution in [0.15, 0.2) is 34.4 Å². The number of ether oxygens (including phenoxy) is 2. The molecule has 0 spiro atoms. The molecule has 6 nitrogen and oxygen atoms in total. The molecule has 28 heavy (non-hydrogen) atoms. The van der Waals surface area contributed by atoms with E-state index in [0.717, 1.165) is 18.5 Å². The van der Waals surface area contributed by atoms with Crippen LogP contribution >= 0.6 is 11.6 Å². The van der Waals surface area contributed by atoms with E-state index in [4.69, 9.17) is 25.5 Å². The third kappa shape index (κ3) is 5.06. The Labute approximate surface area is 170 Å². The highest BCUT2D eigenvalue weighted by molar-refractivity contribution is 6.31. The van der Waals surface area contributed by atoms with Gasteiger partial charge in [-0.2, -0.15) is 4.98 Å². The Morgan fingerprint density at radius 3 is 2.93 bits per heavy atom. The molecule has 1 unspecified atom stereocenters. The Morgan fingerprint density at radius 1 is 1.43 bits per heavy atom. The highest BCUT2D eigenvalue weighted by Gasteiger charge is 2.31. The maximum absolute atomic E-state index is 12.9. The lowest BCUT2D eigenvalue weighted by Crippen LogP contribution is -2.39. The van der Waals surface area contributed by atoms with Crippen molar-refractivity contribution in [2.24, 2.45) is 11.3 Å². The van der Waals surface area contributed by atoms with E-state index in [9.17, 15) is 4.79 Å². The van der Waals surface area contributed by atoms with Gasteiger partial charge in [0, 0.05) is 30.4 Å². The zero-order valence-electron chi connectivity index (χ0n) is 16.8. The predicted molar refractivity (Wildman–Crippen MR) is 108 cm³/mol. The van der Waals surface area contributed by atoms with Gasteiger partial charge in [-0.3, -0.25) is 4.79 Å². The second-order valence-electron chi connectivity index (χ2n) is 8.10. The fraction of sp³-hybridized carbons (Fsp3) is 0.524. The van der Waals surface area contributed by atoms with E-state index in [2.05, 4.69) is 31.8 Å². The van der Waals surface area contributed by atoms with Gasteiger partial charge in [-0.1, -0.05) is 38.4 Å². The molecule has 0 saturated heterocycles. The lowest BCUT2D eigenvalue weighted by Gasteiger charge is -2.37. The van der Waals surface area contributed by atoms with E-state index in [1.807, 2.05) is 0 Å². The third-order valence-electron chi connectivity index (χ3n) is 4.83. The molecule has 3 rings (SSSR count). The van der Waals surface area contributed by atoms with E-state index in [-0.39, 0.29) is 24.0 Å². The number of benzene rings is 1. The van der Waals surface area contributed by atoms with Gasteiger partial charge in [-0.25, -0.2) is 0 Å². The van der Waals surface area contributed by atoms with Gasteiger partial charge >= 0.3 is 6.08 Å². The molecule has 1 amide bonds. The Balaban J connectivity index is 1.72. The number of methoxy groups -OCH3 is 1. The van der Waals surface area contributed by atoms with Crippen LogP contribution in [0.5, 0.6) is 6.08 Å². The van der Waals surface area contributed by atoms with Crippen LogP contribution in [0.2, 0.25) is 5.02 Å². The van der Waals surface area contributed by atoms with E-state index in [0.29, 0.717) is 35.2 Å². The molecule has 0 N–H and O–H groups in total. The first kappa shape index (κ1) is 20.7. The van der Waals surface area contributed by atoms with Gasteiger partial charge in [-0.05, 0) is 36.3 Å². The van der Waals surface area contributed by atoms with Crippen molar-refractivity contribution in [3.63, 3.8) is 0 Å². The molecule has 0 fully saturated rings. The number of hydrogen-bond acceptors (Lipinski definition) is 5. The minimum Gasteiger partial charge on any atom is -0.440 e.